The van der Waals surface area contributed by atoms with Crippen LogP contribution in [0.2, 0.25) is 0 Å². The van der Waals surface area contributed by atoms with E-state index in [0.717, 1.165) is 39.0 Å². The zero-order chi connectivity index (χ0) is 12.5. The lowest BCUT2D eigenvalue weighted by Gasteiger charge is -2.48. The molecule has 1 amide bonds. The van der Waals surface area contributed by atoms with Gasteiger partial charge in [-0.3, -0.25) is 9.69 Å². The lowest BCUT2D eigenvalue weighted by molar-refractivity contribution is -0.130. The molecular weight excluding hydrogens is 214 g/mol. The number of rotatable bonds is 2. The lowest BCUT2D eigenvalue weighted by Crippen LogP contribution is -2.67. The molecule has 0 aromatic rings. The van der Waals surface area contributed by atoms with Gasteiger partial charge in [-0.25, -0.2) is 0 Å². The Bertz CT molecular complexity index is 282. The molecule has 0 aromatic heterocycles. The number of piperidine rings is 1. The molecule has 1 spiro atoms. The van der Waals surface area contributed by atoms with Gasteiger partial charge in [-0.15, -0.1) is 0 Å². The van der Waals surface area contributed by atoms with E-state index in [2.05, 4.69) is 35.9 Å². The van der Waals surface area contributed by atoms with Crippen LogP contribution in [0.4, 0.5) is 0 Å². The Kier molecular flexibility index (Phi) is 3.73. The third-order valence-electron chi connectivity index (χ3n) is 4.25. The quantitative estimate of drug-likeness (QED) is 0.770. The average Bonchev–Trinajstić information content (AvgIpc) is 2.29. The van der Waals surface area contributed by atoms with Crippen molar-refractivity contribution in [1.29, 1.82) is 0 Å². The first kappa shape index (κ1) is 12.8. The van der Waals surface area contributed by atoms with E-state index in [1.165, 1.54) is 0 Å². The molecule has 2 saturated heterocycles. The fraction of sp³-hybridized carbons (Fsp3) is 0.923. The highest BCUT2D eigenvalue weighted by molar-refractivity contribution is 5.80. The summed E-state index contributed by atoms with van der Waals surface area (Å²) in [5.74, 6) is 0.204. The van der Waals surface area contributed by atoms with Crippen LogP contribution in [0, 0.1) is 0 Å². The molecule has 0 aliphatic carbocycles. The number of nitrogens with zero attached hydrogens (tertiary/aromatic N) is 2. The summed E-state index contributed by atoms with van der Waals surface area (Å²) in [6, 6.07) is 0.460. The first-order valence-electron chi connectivity index (χ1n) is 6.82. The molecule has 2 aliphatic heterocycles. The third kappa shape index (κ3) is 2.80. The van der Waals surface area contributed by atoms with Crippen LogP contribution in [0.5, 0.6) is 0 Å². The van der Waals surface area contributed by atoms with E-state index in [4.69, 9.17) is 0 Å². The van der Waals surface area contributed by atoms with Crippen LogP contribution in [-0.4, -0.2) is 60.0 Å². The summed E-state index contributed by atoms with van der Waals surface area (Å²) in [7, 11) is 0. The molecule has 4 heteroatoms. The van der Waals surface area contributed by atoms with Crippen molar-refractivity contribution in [3.63, 3.8) is 0 Å². The number of nitrogens with one attached hydrogen (secondary N) is 1. The summed E-state index contributed by atoms with van der Waals surface area (Å²) in [6.07, 6.45) is 2.19. The standard InChI is InChI=1S/C13H25N3O/c1-4-15-7-5-13(6-8-15)10-16(11(2)3)9-12(17)14-13/h11H,4-10H2,1-3H3,(H,14,17). The van der Waals surface area contributed by atoms with Crippen LogP contribution in [0.3, 0.4) is 0 Å². The molecular formula is C13H25N3O. The Balaban J connectivity index is 2.02. The Morgan fingerprint density at radius 3 is 2.53 bits per heavy atom. The smallest absolute Gasteiger partial charge is 0.234 e. The van der Waals surface area contributed by atoms with Gasteiger partial charge < -0.3 is 10.2 Å². The summed E-state index contributed by atoms with van der Waals surface area (Å²) in [5.41, 5.74) is 0.0469. The van der Waals surface area contributed by atoms with Gasteiger partial charge in [0.1, 0.15) is 0 Å². The van der Waals surface area contributed by atoms with Gasteiger partial charge in [0, 0.05) is 25.7 Å². The molecule has 17 heavy (non-hydrogen) atoms. The Morgan fingerprint density at radius 1 is 1.35 bits per heavy atom. The van der Waals surface area contributed by atoms with Crippen molar-refractivity contribution in [1.82, 2.24) is 15.1 Å². The molecule has 1 N–H and O–H groups in total. The predicted molar refractivity (Wildman–Crippen MR) is 68.9 cm³/mol. The minimum absolute atomic E-state index is 0.0469. The summed E-state index contributed by atoms with van der Waals surface area (Å²) in [5, 5.41) is 3.25. The van der Waals surface area contributed by atoms with Crippen molar-refractivity contribution in [2.45, 2.75) is 45.2 Å². The average molecular weight is 239 g/mol. The maximum Gasteiger partial charge on any atom is 0.234 e. The fourth-order valence-electron chi connectivity index (χ4n) is 2.95. The number of carbonyl (C=O) groups excluding carboxylic acids is 1. The molecule has 0 saturated carbocycles. The predicted octanol–water partition coefficient (Wildman–Crippen LogP) is 0.681. The van der Waals surface area contributed by atoms with Gasteiger partial charge in [0.05, 0.1) is 12.1 Å². The van der Waals surface area contributed by atoms with Gasteiger partial charge in [0.25, 0.3) is 0 Å². The topological polar surface area (TPSA) is 35.6 Å². The van der Waals surface area contributed by atoms with Crippen molar-refractivity contribution in [3.8, 4) is 0 Å². The normalized spacial score (nSPS) is 26.5. The van der Waals surface area contributed by atoms with E-state index in [1.807, 2.05) is 0 Å². The summed E-state index contributed by atoms with van der Waals surface area (Å²) < 4.78 is 0. The summed E-state index contributed by atoms with van der Waals surface area (Å²) >= 11 is 0. The van der Waals surface area contributed by atoms with Gasteiger partial charge in [-0.2, -0.15) is 0 Å². The number of amides is 1. The molecule has 98 valence electrons. The zero-order valence-corrected chi connectivity index (χ0v) is 11.3. The van der Waals surface area contributed by atoms with Crippen LogP contribution < -0.4 is 5.32 Å². The van der Waals surface area contributed by atoms with Gasteiger partial charge in [0.15, 0.2) is 0 Å². The SMILES string of the molecule is CCN1CCC2(CC1)CN(C(C)C)CC(=O)N2. The second-order valence-electron chi connectivity index (χ2n) is 5.76. The molecule has 0 unspecified atom stereocenters. The first-order valence-corrected chi connectivity index (χ1v) is 6.82. The van der Waals surface area contributed by atoms with Gasteiger partial charge in [-0.1, -0.05) is 6.92 Å². The van der Waals surface area contributed by atoms with E-state index < -0.39 is 0 Å². The van der Waals surface area contributed by atoms with E-state index >= 15 is 0 Å². The van der Waals surface area contributed by atoms with Crippen LogP contribution in [0.15, 0.2) is 0 Å². The summed E-state index contributed by atoms with van der Waals surface area (Å²) in [4.78, 5) is 16.6. The molecule has 2 aliphatic rings. The molecule has 2 rings (SSSR count). The highest BCUT2D eigenvalue weighted by Gasteiger charge is 2.41. The van der Waals surface area contributed by atoms with Gasteiger partial charge >= 0.3 is 0 Å². The number of piperazine rings is 1. The molecule has 0 aromatic carbocycles. The molecule has 0 atom stereocenters. The van der Waals surface area contributed by atoms with E-state index in [0.29, 0.717) is 12.6 Å². The highest BCUT2D eigenvalue weighted by atomic mass is 16.2. The largest absolute Gasteiger partial charge is 0.348 e. The van der Waals surface area contributed by atoms with Crippen molar-refractivity contribution in [2.75, 3.05) is 32.7 Å². The second-order valence-corrected chi connectivity index (χ2v) is 5.76. The summed E-state index contributed by atoms with van der Waals surface area (Å²) in [6.45, 7) is 11.5. The minimum Gasteiger partial charge on any atom is -0.348 e. The lowest BCUT2D eigenvalue weighted by atomic mass is 9.85. The van der Waals surface area contributed by atoms with Crippen molar-refractivity contribution in [3.05, 3.63) is 0 Å². The number of hydrogen-bond acceptors (Lipinski definition) is 3. The van der Waals surface area contributed by atoms with Gasteiger partial charge in [-0.05, 0) is 33.2 Å². The highest BCUT2D eigenvalue weighted by Crippen LogP contribution is 2.26. The van der Waals surface area contributed by atoms with Crippen LogP contribution in [0.1, 0.15) is 33.6 Å². The van der Waals surface area contributed by atoms with Crippen molar-refractivity contribution >= 4 is 5.91 Å². The second kappa shape index (κ2) is 4.94. The van der Waals surface area contributed by atoms with E-state index in [9.17, 15) is 4.79 Å². The molecule has 0 bridgehead atoms. The van der Waals surface area contributed by atoms with Crippen molar-refractivity contribution in [2.24, 2.45) is 0 Å². The van der Waals surface area contributed by atoms with Crippen LogP contribution >= 0.6 is 0 Å². The maximum atomic E-state index is 11.8. The Hall–Kier alpha value is -0.610. The van der Waals surface area contributed by atoms with Gasteiger partial charge in [0.2, 0.25) is 5.91 Å². The van der Waals surface area contributed by atoms with E-state index in [-0.39, 0.29) is 11.4 Å². The monoisotopic (exact) mass is 239 g/mol. The number of hydrogen-bond donors (Lipinski definition) is 1. The molecule has 2 fully saturated rings. The molecule has 2 heterocycles. The zero-order valence-electron chi connectivity index (χ0n) is 11.3. The Morgan fingerprint density at radius 2 is 2.00 bits per heavy atom. The van der Waals surface area contributed by atoms with Crippen molar-refractivity contribution < 1.29 is 4.79 Å². The van der Waals surface area contributed by atoms with E-state index in [1.54, 1.807) is 0 Å². The fourth-order valence-corrected chi connectivity index (χ4v) is 2.95. The first-order chi connectivity index (χ1) is 8.04. The molecule has 4 nitrogen and oxygen atoms in total. The third-order valence-corrected chi connectivity index (χ3v) is 4.25. The Labute approximate surface area is 104 Å². The maximum absolute atomic E-state index is 11.8. The molecule has 0 radical (unpaired) electrons. The van der Waals surface area contributed by atoms with Crippen LogP contribution in [0.25, 0.3) is 0 Å². The number of carbonyl (C=O) groups is 1. The van der Waals surface area contributed by atoms with Crippen LogP contribution in [-0.2, 0) is 4.79 Å². The number of likely N-dealkylation sites (tertiary alicyclic amines) is 1. The minimum atomic E-state index is 0.0469.